The lowest BCUT2D eigenvalue weighted by Crippen LogP contribution is -2.53. The lowest BCUT2D eigenvalue weighted by atomic mass is 9.80. The Morgan fingerprint density at radius 1 is 1.31 bits per heavy atom. The number of carbonyl (C=O) groups excluding carboxylic acids is 2. The fraction of sp³-hybridized carbons (Fsp3) is 0.818. The van der Waals surface area contributed by atoms with Crippen molar-refractivity contribution in [2.75, 3.05) is 6.61 Å². The minimum Gasteiger partial charge on any atom is -0.465 e. The first-order valence-corrected chi connectivity index (χ1v) is 5.15. The molecular formula is C11H21NO4. The lowest BCUT2D eigenvalue weighted by molar-refractivity contribution is -0.149. The maximum absolute atomic E-state index is 11.9. The molecule has 5 heteroatoms. The number of rotatable bonds is 5. The molecular weight excluding hydrogens is 210 g/mol. The van der Waals surface area contributed by atoms with Gasteiger partial charge in [-0.3, -0.25) is 9.59 Å². The topological polar surface area (TPSA) is 89.6 Å². The van der Waals surface area contributed by atoms with Crippen molar-refractivity contribution in [3.05, 3.63) is 0 Å². The summed E-state index contributed by atoms with van der Waals surface area (Å²) in [7, 11) is 0. The van der Waals surface area contributed by atoms with E-state index in [9.17, 15) is 14.7 Å². The van der Waals surface area contributed by atoms with E-state index in [0.29, 0.717) is 0 Å². The molecule has 3 N–H and O–H groups in total. The number of Topliss-reactive ketones (excluding diaryl/α,β-unsaturated/α-hetero) is 1. The number of carbonyl (C=O) groups is 2. The van der Waals surface area contributed by atoms with E-state index in [2.05, 4.69) is 0 Å². The van der Waals surface area contributed by atoms with E-state index in [1.54, 1.807) is 13.8 Å². The molecule has 0 saturated heterocycles. The van der Waals surface area contributed by atoms with Crippen LogP contribution in [0, 0.1) is 5.92 Å². The molecule has 0 spiro atoms. The Kier molecular flexibility index (Phi) is 4.64. The predicted molar refractivity (Wildman–Crippen MR) is 59.7 cm³/mol. The second-order valence-electron chi connectivity index (χ2n) is 5.10. The molecule has 16 heavy (non-hydrogen) atoms. The van der Waals surface area contributed by atoms with Crippen LogP contribution in [0.3, 0.4) is 0 Å². The van der Waals surface area contributed by atoms with Gasteiger partial charge >= 0.3 is 5.97 Å². The van der Waals surface area contributed by atoms with Crippen LogP contribution in [0.15, 0.2) is 0 Å². The molecule has 5 nitrogen and oxygen atoms in total. The zero-order valence-electron chi connectivity index (χ0n) is 10.5. The lowest BCUT2D eigenvalue weighted by Gasteiger charge is -2.32. The molecule has 94 valence electrons. The van der Waals surface area contributed by atoms with Gasteiger partial charge in [-0.1, -0.05) is 0 Å². The smallest absolute Gasteiger partial charge is 0.302 e. The third-order valence-electron chi connectivity index (χ3n) is 2.27. The Labute approximate surface area is 96.0 Å². The van der Waals surface area contributed by atoms with E-state index in [0.717, 1.165) is 0 Å². The summed E-state index contributed by atoms with van der Waals surface area (Å²) in [5.41, 5.74) is 3.50. The molecule has 1 atom stereocenters. The highest BCUT2D eigenvalue weighted by molar-refractivity contribution is 5.89. The third kappa shape index (κ3) is 4.72. The Hall–Kier alpha value is -0.940. The van der Waals surface area contributed by atoms with Gasteiger partial charge in [0.1, 0.15) is 12.2 Å². The second kappa shape index (κ2) is 4.93. The van der Waals surface area contributed by atoms with Crippen molar-refractivity contribution in [2.45, 2.75) is 45.8 Å². The Morgan fingerprint density at radius 2 is 1.75 bits per heavy atom. The van der Waals surface area contributed by atoms with Gasteiger partial charge in [0.15, 0.2) is 5.78 Å². The fourth-order valence-electron chi connectivity index (χ4n) is 1.26. The van der Waals surface area contributed by atoms with E-state index in [1.807, 2.05) is 0 Å². The number of ketones is 1. The van der Waals surface area contributed by atoms with Crippen molar-refractivity contribution in [1.82, 2.24) is 0 Å². The van der Waals surface area contributed by atoms with Gasteiger partial charge in [0.25, 0.3) is 0 Å². The highest BCUT2D eigenvalue weighted by Crippen LogP contribution is 2.21. The average Bonchev–Trinajstić information content (AvgIpc) is 1.99. The standard InChI is InChI=1S/C11H21NO4/c1-7(13)16-6-8(10(2,3)12)9(14)11(4,5)15/h8,15H,6,12H2,1-5H3/t8-/m0/s1. The quantitative estimate of drug-likeness (QED) is 0.662. The van der Waals surface area contributed by atoms with Crippen molar-refractivity contribution >= 4 is 11.8 Å². The van der Waals surface area contributed by atoms with Crippen LogP contribution in [0.4, 0.5) is 0 Å². The first-order chi connectivity index (χ1) is 6.96. The average molecular weight is 231 g/mol. The number of hydrogen-bond acceptors (Lipinski definition) is 5. The van der Waals surface area contributed by atoms with E-state index >= 15 is 0 Å². The highest BCUT2D eigenvalue weighted by atomic mass is 16.5. The Bertz CT molecular complexity index is 273. The molecule has 0 heterocycles. The molecule has 0 aliphatic heterocycles. The van der Waals surface area contributed by atoms with Crippen LogP contribution in [0.2, 0.25) is 0 Å². The van der Waals surface area contributed by atoms with Gasteiger partial charge in [-0.25, -0.2) is 0 Å². The predicted octanol–water partition coefficient (Wildman–Crippen LogP) is 0.243. The van der Waals surface area contributed by atoms with E-state index in [4.69, 9.17) is 10.5 Å². The van der Waals surface area contributed by atoms with Gasteiger partial charge in [0, 0.05) is 12.5 Å². The minimum atomic E-state index is -1.48. The zero-order valence-corrected chi connectivity index (χ0v) is 10.5. The normalized spacial score (nSPS) is 14.4. The third-order valence-corrected chi connectivity index (χ3v) is 2.27. The molecule has 0 aromatic rings. The summed E-state index contributed by atoms with van der Waals surface area (Å²) in [5.74, 6) is -1.63. The first kappa shape index (κ1) is 15.1. The molecule has 0 rings (SSSR count). The first-order valence-electron chi connectivity index (χ1n) is 5.15. The van der Waals surface area contributed by atoms with E-state index in [-0.39, 0.29) is 6.61 Å². The zero-order chi connectivity index (χ0) is 13.1. The van der Waals surface area contributed by atoms with Crippen molar-refractivity contribution in [3.8, 4) is 0 Å². The number of nitrogens with two attached hydrogens (primary N) is 1. The maximum Gasteiger partial charge on any atom is 0.302 e. The van der Waals surface area contributed by atoms with Crippen LogP contribution in [-0.2, 0) is 14.3 Å². The van der Waals surface area contributed by atoms with Crippen LogP contribution in [-0.4, -0.2) is 34.6 Å². The number of hydrogen-bond donors (Lipinski definition) is 2. The largest absolute Gasteiger partial charge is 0.465 e. The van der Waals surface area contributed by atoms with Gasteiger partial charge in [0.2, 0.25) is 0 Å². The summed E-state index contributed by atoms with van der Waals surface area (Å²) in [5, 5.41) is 9.64. The highest BCUT2D eigenvalue weighted by Gasteiger charge is 2.39. The number of aliphatic hydroxyl groups is 1. The Morgan fingerprint density at radius 3 is 2.00 bits per heavy atom. The van der Waals surface area contributed by atoms with Crippen LogP contribution >= 0.6 is 0 Å². The van der Waals surface area contributed by atoms with Crippen LogP contribution in [0.1, 0.15) is 34.6 Å². The summed E-state index contributed by atoms with van der Waals surface area (Å²) in [4.78, 5) is 22.6. The van der Waals surface area contributed by atoms with E-state index < -0.39 is 28.8 Å². The van der Waals surface area contributed by atoms with E-state index in [1.165, 1.54) is 20.8 Å². The van der Waals surface area contributed by atoms with Gasteiger partial charge in [-0.2, -0.15) is 0 Å². The van der Waals surface area contributed by atoms with Gasteiger partial charge in [-0.05, 0) is 27.7 Å². The number of esters is 1. The molecule has 0 aromatic carbocycles. The van der Waals surface area contributed by atoms with Crippen LogP contribution < -0.4 is 5.73 Å². The van der Waals surface area contributed by atoms with Crippen molar-refractivity contribution < 1.29 is 19.4 Å². The number of ether oxygens (including phenoxy) is 1. The van der Waals surface area contributed by atoms with Gasteiger partial charge in [-0.15, -0.1) is 0 Å². The molecule has 0 radical (unpaired) electrons. The molecule has 0 aliphatic rings. The van der Waals surface area contributed by atoms with Crippen molar-refractivity contribution in [1.29, 1.82) is 0 Å². The molecule has 0 aliphatic carbocycles. The summed E-state index contributed by atoms with van der Waals surface area (Å²) < 4.78 is 4.80. The summed E-state index contributed by atoms with van der Waals surface area (Å²) >= 11 is 0. The molecule has 0 saturated carbocycles. The molecule has 0 fully saturated rings. The molecule has 0 bridgehead atoms. The summed E-state index contributed by atoms with van der Waals surface area (Å²) in [6.07, 6.45) is 0. The summed E-state index contributed by atoms with van der Waals surface area (Å²) in [6, 6.07) is 0. The van der Waals surface area contributed by atoms with Crippen LogP contribution in [0.5, 0.6) is 0 Å². The van der Waals surface area contributed by atoms with Gasteiger partial charge < -0.3 is 15.6 Å². The second-order valence-corrected chi connectivity index (χ2v) is 5.10. The summed E-state index contributed by atoms with van der Waals surface area (Å²) in [6.45, 7) is 7.25. The molecule has 0 unspecified atom stereocenters. The van der Waals surface area contributed by atoms with Crippen molar-refractivity contribution in [3.63, 3.8) is 0 Å². The monoisotopic (exact) mass is 231 g/mol. The fourth-order valence-corrected chi connectivity index (χ4v) is 1.26. The Balaban J connectivity index is 4.83. The molecule has 0 aromatic heterocycles. The van der Waals surface area contributed by atoms with Gasteiger partial charge in [0.05, 0.1) is 5.92 Å². The van der Waals surface area contributed by atoms with Crippen LogP contribution in [0.25, 0.3) is 0 Å². The minimum absolute atomic E-state index is 0.109. The maximum atomic E-state index is 11.9. The SMILES string of the molecule is CC(=O)OC[C@@H](C(=O)C(C)(C)O)C(C)(C)N. The molecule has 0 amide bonds. The van der Waals surface area contributed by atoms with Crippen molar-refractivity contribution in [2.24, 2.45) is 11.7 Å².